The summed E-state index contributed by atoms with van der Waals surface area (Å²) in [5.74, 6) is -8.43. The lowest BCUT2D eigenvalue weighted by molar-refractivity contribution is -0.144. The highest BCUT2D eigenvalue weighted by Crippen LogP contribution is 2.03. The largest absolute Gasteiger partial charge is 0.481 e. The van der Waals surface area contributed by atoms with Gasteiger partial charge in [0.2, 0.25) is 23.6 Å². The predicted octanol–water partition coefficient (Wildman–Crippen LogP) is -4.55. The van der Waals surface area contributed by atoms with Crippen molar-refractivity contribution < 1.29 is 54.0 Å². The van der Waals surface area contributed by atoms with Crippen LogP contribution in [0.4, 0.5) is 0 Å². The van der Waals surface area contributed by atoms with Crippen LogP contribution in [0.25, 0.3) is 0 Å². The number of hydrogen-bond donors (Lipinski definition) is 9. The number of carbonyl (C=O) groups excluding carboxylic acids is 4. The van der Waals surface area contributed by atoms with Crippen LogP contribution in [0.3, 0.4) is 0 Å². The molecule has 186 valence electrons. The van der Waals surface area contributed by atoms with Crippen molar-refractivity contribution in [1.82, 2.24) is 16.0 Å². The first-order valence-electron chi connectivity index (χ1n) is 9.50. The van der Waals surface area contributed by atoms with Gasteiger partial charge >= 0.3 is 17.9 Å². The monoisotopic (exact) mass is 477 g/mol. The molecule has 4 amide bonds. The molecule has 4 atom stereocenters. The maximum atomic E-state index is 12.5. The van der Waals surface area contributed by atoms with Crippen LogP contribution < -0.4 is 27.4 Å². The Morgan fingerprint density at radius 1 is 0.697 bits per heavy atom. The predicted molar refractivity (Wildman–Crippen MR) is 106 cm³/mol. The van der Waals surface area contributed by atoms with Crippen molar-refractivity contribution >= 4 is 41.5 Å². The van der Waals surface area contributed by atoms with E-state index in [0.717, 1.165) is 0 Å². The van der Waals surface area contributed by atoms with Crippen molar-refractivity contribution in [3.8, 4) is 0 Å². The van der Waals surface area contributed by atoms with E-state index in [1.54, 1.807) is 0 Å². The van der Waals surface area contributed by atoms with Crippen LogP contribution in [0.15, 0.2) is 0 Å². The fraction of sp³-hybridized carbons (Fsp3) is 0.588. The Balaban J connectivity index is 5.31. The summed E-state index contributed by atoms with van der Waals surface area (Å²) in [7, 11) is 0. The Morgan fingerprint density at radius 2 is 1.15 bits per heavy atom. The molecule has 16 nitrogen and oxygen atoms in total. The number of aliphatic hydroxyl groups excluding tert-OH is 1. The molecule has 16 heteroatoms. The SMILES string of the molecule is NC(=O)CC(NC(=O)C(CO)NC(=O)C(CCC(=O)O)NC(=O)C(N)CCC(=O)O)C(=O)O. The molecule has 4 unspecified atom stereocenters. The Kier molecular flexibility index (Phi) is 12.7. The van der Waals surface area contributed by atoms with E-state index < -0.39 is 98.0 Å². The fourth-order valence-corrected chi connectivity index (χ4v) is 2.37. The summed E-state index contributed by atoms with van der Waals surface area (Å²) < 4.78 is 0. The van der Waals surface area contributed by atoms with Crippen molar-refractivity contribution in [1.29, 1.82) is 0 Å². The first-order chi connectivity index (χ1) is 15.3. The molecule has 0 aliphatic heterocycles. The van der Waals surface area contributed by atoms with E-state index in [2.05, 4.69) is 5.32 Å². The minimum Gasteiger partial charge on any atom is -0.481 e. The second-order valence-corrected chi connectivity index (χ2v) is 6.85. The number of carbonyl (C=O) groups is 7. The number of nitrogens with two attached hydrogens (primary N) is 2. The van der Waals surface area contributed by atoms with Gasteiger partial charge in [-0.25, -0.2) is 4.79 Å². The third-order valence-corrected chi connectivity index (χ3v) is 4.12. The molecule has 0 aliphatic rings. The summed E-state index contributed by atoms with van der Waals surface area (Å²) in [6, 6.07) is -6.33. The zero-order chi connectivity index (χ0) is 25.7. The first-order valence-corrected chi connectivity index (χ1v) is 9.50. The van der Waals surface area contributed by atoms with Crippen molar-refractivity contribution in [2.24, 2.45) is 11.5 Å². The molecule has 0 aromatic heterocycles. The number of aliphatic hydroxyl groups is 1. The molecule has 11 N–H and O–H groups in total. The van der Waals surface area contributed by atoms with Gasteiger partial charge in [-0.3, -0.25) is 28.8 Å². The molecule has 0 bridgehead atoms. The van der Waals surface area contributed by atoms with Crippen LogP contribution in [0.5, 0.6) is 0 Å². The van der Waals surface area contributed by atoms with Crippen LogP contribution in [0, 0.1) is 0 Å². The van der Waals surface area contributed by atoms with E-state index in [9.17, 15) is 38.7 Å². The number of hydrogen-bond acceptors (Lipinski definition) is 9. The van der Waals surface area contributed by atoms with Crippen LogP contribution in [0.2, 0.25) is 0 Å². The second kappa shape index (κ2) is 14.3. The van der Waals surface area contributed by atoms with Crippen molar-refractivity contribution in [3.05, 3.63) is 0 Å². The van der Waals surface area contributed by atoms with Gasteiger partial charge in [-0.1, -0.05) is 0 Å². The number of carboxylic acid groups (broad SMARTS) is 3. The Bertz CT molecular complexity index is 772. The van der Waals surface area contributed by atoms with Gasteiger partial charge in [0.15, 0.2) is 0 Å². The van der Waals surface area contributed by atoms with Crippen LogP contribution in [-0.4, -0.2) is 92.7 Å². The molecule has 0 saturated heterocycles. The number of amides is 4. The standard InChI is InChI=1S/C17H27N5O11/c18-7(1-3-12(25)26)14(29)20-8(2-4-13(27)28)15(30)22-10(6-23)16(31)21-9(17(32)33)5-11(19)24/h7-10,23H,1-6,18H2,(H2,19,24)(H,20,29)(H,21,31)(H,22,30)(H,25,26)(H,27,28)(H,32,33). The normalized spacial score (nSPS) is 14.1. The van der Waals surface area contributed by atoms with Gasteiger partial charge in [-0.05, 0) is 12.8 Å². The zero-order valence-electron chi connectivity index (χ0n) is 17.4. The van der Waals surface area contributed by atoms with E-state index in [-0.39, 0.29) is 6.42 Å². The van der Waals surface area contributed by atoms with Gasteiger partial charge in [-0.15, -0.1) is 0 Å². The summed E-state index contributed by atoms with van der Waals surface area (Å²) in [5, 5.41) is 42.0. The fourth-order valence-electron chi connectivity index (χ4n) is 2.37. The highest BCUT2D eigenvalue weighted by Gasteiger charge is 2.30. The zero-order valence-corrected chi connectivity index (χ0v) is 17.4. The first kappa shape index (κ1) is 29.2. The molecule has 0 aromatic carbocycles. The topological polar surface area (TPSA) is 289 Å². The molecule has 0 fully saturated rings. The van der Waals surface area contributed by atoms with Gasteiger partial charge < -0.3 is 47.8 Å². The molecule has 0 aliphatic carbocycles. The van der Waals surface area contributed by atoms with Gasteiger partial charge in [0.1, 0.15) is 18.1 Å². The quantitative estimate of drug-likeness (QED) is 0.101. The second-order valence-electron chi connectivity index (χ2n) is 6.85. The summed E-state index contributed by atoms with van der Waals surface area (Å²) in [4.78, 5) is 80.4. The third-order valence-electron chi connectivity index (χ3n) is 4.12. The number of rotatable bonds is 16. The van der Waals surface area contributed by atoms with Crippen molar-refractivity contribution in [3.63, 3.8) is 0 Å². The van der Waals surface area contributed by atoms with Crippen LogP contribution in [0.1, 0.15) is 32.1 Å². The maximum Gasteiger partial charge on any atom is 0.326 e. The Labute approximate surface area is 186 Å². The Morgan fingerprint density at radius 3 is 1.61 bits per heavy atom. The summed E-state index contributed by atoms with van der Waals surface area (Å²) >= 11 is 0. The minimum atomic E-state index is -1.74. The average Bonchev–Trinajstić information content (AvgIpc) is 2.71. The molecule has 0 heterocycles. The summed E-state index contributed by atoms with van der Waals surface area (Å²) in [5.41, 5.74) is 10.4. The molecule has 0 radical (unpaired) electrons. The molecular weight excluding hydrogens is 450 g/mol. The van der Waals surface area contributed by atoms with Crippen molar-refractivity contribution in [2.45, 2.75) is 56.3 Å². The summed E-state index contributed by atoms with van der Waals surface area (Å²) in [6.45, 7) is -1.02. The number of carboxylic acids is 3. The van der Waals surface area contributed by atoms with E-state index in [1.165, 1.54) is 0 Å². The van der Waals surface area contributed by atoms with Gasteiger partial charge in [0.05, 0.1) is 19.1 Å². The maximum absolute atomic E-state index is 12.5. The third kappa shape index (κ3) is 12.0. The highest BCUT2D eigenvalue weighted by molar-refractivity contribution is 5.95. The number of aliphatic carboxylic acids is 3. The molecular formula is C17H27N5O11. The molecule has 33 heavy (non-hydrogen) atoms. The van der Waals surface area contributed by atoms with E-state index in [4.69, 9.17) is 26.8 Å². The lowest BCUT2D eigenvalue weighted by Crippen LogP contribution is -2.58. The lowest BCUT2D eigenvalue weighted by Gasteiger charge is -2.24. The molecule has 0 saturated carbocycles. The van der Waals surface area contributed by atoms with E-state index in [0.29, 0.717) is 0 Å². The number of nitrogens with one attached hydrogen (secondary N) is 3. The summed E-state index contributed by atoms with van der Waals surface area (Å²) in [6.07, 6.45) is -2.51. The molecule has 0 rings (SSSR count). The average molecular weight is 477 g/mol. The lowest BCUT2D eigenvalue weighted by atomic mass is 10.1. The van der Waals surface area contributed by atoms with Gasteiger partial charge in [0, 0.05) is 12.8 Å². The smallest absolute Gasteiger partial charge is 0.326 e. The molecule has 0 aromatic rings. The van der Waals surface area contributed by atoms with Crippen LogP contribution >= 0.6 is 0 Å². The van der Waals surface area contributed by atoms with Crippen LogP contribution in [-0.2, 0) is 33.6 Å². The van der Waals surface area contributed by atoms with E-state index in [1.807, 2.05) is 10.6 Å². The number of primary amides is 1. The highest BCUT2D eigenvalue weighted by atomic mass is 16.4. The Hall–Kier alpha value is -3.79. The minimum absolute atomic E-state index is 0.271. The molecule has 0 spiro atoms. The van der Waals surface area contributed by atoms with Crippen molar-refractivity contribution in [2.75, 3.05) is 6.61 Å². The van der Waals surface area contributed by atoms with Gasteiger partial charge in [-0.2, -0.15) is 0 Å². The van der Waals surface area contributed by atoms with Gasteiger partial charge in [0.25, 0.3) is 0 Å². The van der Waals surface area contributed by atoms with E-state index >= 15 is 0 Å².